The van der Waals surface area contributed by atoms with Crippen LogP contribution in [0.1, 0.15) is 4.88 Å². The minimum atomic E-state index is 0.568. The second kappa shape index (κ2) is 5.01. The molecule has 0 aromatic carbocycles. The number of hydrogen-bond acceptors (Lipinski definition) is 4. The van der Waals surface area contributed by atoms with Gasteiger partial charge in [-0.3, -0.25) is 0 Å². The summed E-state index contributed by atoms with van der Waals surface area (Å²) in [6, 6.07) is 5.96. The molecule has 2 N–H and O–H groups in total. The molecule has 2 rings (SSSR count). The standard InChI is InChI=1S/C10H9BrN2S2/c11-7-3-9(14-5-7)6-15-8-1-2-10(12)13-4-8/h1-5H,6H2,(H2,12,13). The van der Waals surface area contributed by atoms with Gasteiger partial charge in [0.1, 0.15) is 5.82 Å². The first-order valence-electron chi connectivity index (χ1n) is 4.31. The number of rotatable bonds is 3. The summed E-state index contributed by atoms with van der Waals surface area (Å²) in [7, 11) is 0. The molecule has 0 saturated heterocycles. The summed E-state index contributed by atoms with van der Waals surface area (Å²) in [6.45, 7) is 0. The topological polar surface area (TPSA) is 38.9 Å². The molecule has 0 fully saturated rings. The van der Waals surface area contributed by atoms with Crippen molar-refractivity contribution in [2.45, 2.75) is 10.6 Å². The third-order valence-corrected chi connectivity index (χ3v) is 4.67. The molecule has 0 radical (unpaired) electrons. The number of nitrogen functional groups attached to an aromatic ring is 1. The predicted molar refractivity (Wildman–Crippen MR) is 70.2 cm³/mol. The first kappa shape index (κ1) is 11.0. The number of nitrogens with zero attached hydrogens (tertiary/aromatic N) is 1. The summed E-state index contributed by atoms with van der Waals surface area (Å²) in [5.74, 6) is 1.54. The fourth-order valence-electron chi connectivity index (χ4n) is 1.06. The maximum Gasteiger partial charge on any atom is 0.123 e. The van der Waals surface area contributed by atoms with Crippen LogP contribution in [0, 0.1) is 0 Å². The molecule has 5 heteroatoms. The average Bonchev–Trinajstić information content (AvgIpc) is 2.64. The highest BCUT2D eigenvalue weighted by Crippen LogP contribution is 2.27. The zero-order valence-electron chi connectivity index (χ0n) is 7.81. The van der Waals surface area contributed by atoms with Crippen molar-refractivity contribution >= 4 is 44.8 Å². The Morgan fingerprint density at radius 3 is 2.93 bits per heavy atom. The van der Waals surface area contributed by atoms with Crippen LogP contribution in [0.3, 0.4) is 0 Å². The number of thioether (sulfide) groups is 1. The predicted octanol–water partition coefficient (Wildman–Crippen LogP) is 3.78. The Kier molecular flexibility index (Phi) is 3.66. The maximum atomic E-state index is 5.51. The van der Waals surface area contributed by atoms with Gasteiger partial charge in [-0.2, -0.15) is 0 Å². The lowest BCUT2D eigenvalue weighted by atomic mass is 10.5. The normalized spacial score (nSPS) is 10.5. The van der Waals surface area contributed by atoms with E-state index in [-0.39, 0.29) is 0 Å². The monoisotopic (exact) mass is 300 g/mol. The number of halogens is 1. The number of aromatic nitrogens is 1. The van der Waals surface area contributed by atoms with E-state index in [4.69, 9.17) is 5.73 Å². The van der Waals surface area contributed by atoms with Gasteiger partial charge in [-0.25, -0.2) is 4.98 Å². The van der Waals surface area contributed by atoms with E-state index < -0.39 is 0 Å². The van der Waals surface area contributed by atoms with Crippen molar-refractivity contribution in [1.29, 1.82) is 0 Å². The molecule has 2 aromatic rings. The van der Waals surface area contributed by atoms with Crippen LogP contribution in [0.25, 0.3) is 0 Å². The Labute approximate surface area is 105 Å². The first-order valence-corrected chi connectivity index (χ1v) is 6.97. The molecular weight excluding hydrogens is 292 g/mol. The Hall–Kier alpha value is -0.520. The van der Waals surface area contributed by atoms with Crippen molar-refractivity contribution < 1.29 is 0 Å². The van der Waals surface area contributed by atoms with Crippen molar-refractivity contribution in [2.24, 2.45) is 0 Å². The average molecular weight is 301 g/mol. The number of pyridine rings is 1. The highest BCUT2D eigenvalue weighted by Gasteiger charge is 1.99. The van der Waals surface area contributed by atoms with Crippen molar-refractivity contribution in [1.82, 2.24) is 4.98 Å². The summed E-state index contributed by atoms with van der Waals surface area (Å²) in [4.78, 5) is 6.55. The smallest absolute Gasteiger partial charge is 0.123 e. The molecular formula is C10H9BrN2S2. The minimum absolute atomic E-state index is 0.568. The van der Waals surface area contributed by atoms with E-state index in [9.17, 15) is 0 Å². The molecule has 0 aliphatic rings. The number of hydrogen-bond donors (Lipinski definition) is 1. The summed E-state index contributed by atoms with van der Waals surface area (Å²) in [5, 5.41) is 2.09. The highest BCUT2D eigenvalue weighted by atomic mass is 79.9. The molecule has 0 unspecified atom stereocenters. The maximum absolute atomic E-state index is 5.51. The Morgan fingerprint density at radius 2 is 2.33 bits per heavy atom. The van der Waals surface area contributed by atoms with Crippen molar-refractivity contribution in [3.8, 4) is 0 Å². The van der Waals surface area contributed by atoms with Crippen LogP contribution < -0.4 is 5.73 Å². The summed E-state index contributed by atoms with van der Waals surface area (Å²) < 4.78 is 1.15. The van der Waals surface area contributed by atoms with Crippen molar-refractivity contribution in [3.63, 3.8) is 0 Å². The molecule has 0 aliphatic carbocycles. The molecule has 0 atom stereocenters. The summed E-state index contributed by atoms with van der Waals surface area (Å²) in [5.41, 5.74) is 5.51. The lowest BCUT2D eigenvalue weighted by Crippen LogP contribution is -1.87. The number of anilines is 1. The molecule has 0 amide bonds. The Balaban J connectivity index is 1.96. The Bertz CT molecular complexity index is 439. The molecule has 2 nitrogen and oxygen atoms in total. The van der Waals surface area contributed by atoms with E-state index in [1.54, 1.807) is 23.1 Å². The fourth-order valence-corrected chi connectivity index (χ4v) is 3.43. The van der Waals surface area contributed by atoms with Crippen LogP contribution in [0.5, 0.6) is 0 Å². The lowest BCUT2D eigenvalue weighted by molar-refractivity contribution is 1.24. The van der Waals surface area contributed by atoms with Crippen LogP contribution in [-0.4, -0.2) is 4.98 Å². The van der Waals surface area contributed by atoms with Crippen molar-refractivity contribution in [2.75, 3.05) is 5.73 Å². The third kappa shape index (κ3) is 3.22. The SMILES string of the molecule is Nc1ccc(SCc2cc(Br)cs2)cn1. The van der Waals surface area contributed by atoms with E-state index in [1.165, 1.54) is 4.88 Å². The molecule has 0 spiro atoms. The summed E-state index contributed by atoms with van der Waals surface area (Å²) >= 11 is 6.97. The van der Waals surface area contributed by atoms with E-state index in [1.807, 2.05) is 18.3 Å². The zero-order valence-corrected chi connectivity index (χ0v) is 11.0. The second-order valence-electron chi connectivity index (χ2n) is 2.94. The van der Waals surface area contributed by atoms with Crippen LogP contribution in [0.2, 0.25) is 0 Å². The van der Waals surface area contributed by atoms with E-state index in [0.717, 1.165) is 15.1 Å². The van der Waals surface area contributed by atoms with Gasteiger partial charge in [0.15, 0.2) is 0 Å². The van der Waals surface area contributed by atoms with Gasteiger partial charge in [0, 0.05) is 31.6 Å². The molecule has 2 aromatic heterocycles. The minimum Gasteiger partial charge on any atom is -0.384 e. The van der Waals surface area contributed by atoms with Crippen LogP contribution in [0.15, 0.2) is 39.1 Å². The third-order valence-electron chi connectivity index (χ3n) is 1.76. The van der Waals surface area contributed by atoms with Gasteiger partial charge in [-0.1, -0.05) is 0 Å². The van der Waals surface area contributed by atoms with Crippen molar-refractivity contribution in [3.05, 3.63) is 39.1 Å². The molecule has 0 aliphatic heterocycles. The van der Waals surface area contributed by atoms with Gasteiger partial charge in [0.2, 0.25) is 0 Å². The fraction of sp³-hybridized carbons (Fsp3) is 0.100. The number of thiophene rings is 1. The van der Waals surface area contributed by atoms with Gasteiger partial charge in [0.05, 0.1) is 0 Å². The molecule has 0 bridgehead atoms. The Morgan fingerprint density at radius 1 is 1.47 bits per heavy atom. The molecule has 2 heterocycles. The first-order chi connectivity index (χ1) is 7.24. The van der Waals surface area contributed by atoms with E-state index >= 15 is 0 Å². The molecule has 0 saturated carbocycles. The van der Waals surface area contributed by atoms with E-state index in [0.29, 0.717) is 5.82 Å². The van der Waals surface area contributed by atoms with Crippen LogP contribution in [0.4, 0.5) is 5.82 Å². The van der Waals surface area contributed by atoms with Crippen LogP contribution in [-0.2, 0) is 5.75 Å². The lowest BCUT2D eigenvalue weighted by Gasteiger charge is -1.99. The second-order valence-corrected chi connectivity index (χ2v) is 5.90. The zero-order chi connectivity index (χ0) is 10.7. The van der Waals surface area contributed by atoms with Gasteiger partial charge in [-0.15, -0.1) is 23.1 Å². The number of nitrogens with two attached hydrogens (primary N) is 1. The van der Waals surface area contributed by atoms with E-state index in [2.05, 4.69) is 32.4 Å². The van der Waals surface area contributed by atoms with Gasteiger partial charge >= 0.3 is 0 Å². The van der Waals surface area contributed by atoms with Gasteiger partial charge < -0.3 is 5.73 Å². The molecule has 78 valence electrons. The quantitative estimate of drug-likeness (QED) is 0.877. The molecule has 15 heavy (non-hydrogen) atoms. The largest absolute Gasteiger partial charge is 0.384 e. The summed E-state index contributed by atoms with van der Waals surface area (Å²) in [6.07, 6.45) is 1.81. The highest BCUT2D eigenvalue weighted by molar-refractivity contribution is 9.10. The van der Waals surface area contributed by atoms with Crippen LogP contribution >= 0.6 is 39.0 Å². The van der Waals surface area contributed by atoms with Gasteiger partial charge in [-0.05, 0) is 34.1 Å². The van der Waals surface area contributed by atoms with Gasteiger partial charge in [0.25, 0.3) is 0 Å².